The van der Waals surface area contributed by atoms with Gasteiger partial charge in [0.25, 0.3) is 23.6 Å². The van der Waals surface area contributed by atoms with Crippen LogP contribution in [0.5, 0.6) is 0 Å². The number of hydrogen-bond donors (Lipinski definition) is 2. The van der Waals surface area contributed by atoms with Crippen molar-refractivity contribution in [2.75, 3.05) is 26.0 Å². The summed E-state index contributed by atoms with van der Waals surface area (Å²) in [6.45, 7) is 2.06. The summed E-state index contributed by atoms with van der Waals surface area (Å²) in [7, 11) is 1.45. The Balaban J connectivity index is 1.28. The zero-order chi connectivity index (χ0) is 24.9. The van der Waals surface area contributed by atoms with Crippen molar-refractivity contribution in [3.05, 3.63) is 63.8 Å². The highest BCUT2D eigenvalue weighted by atomic mass is 32.2. The predicted octanol–water partition coefficient (Wildman–Crippen LogP) is 1.78. The minimum atomic E-state index is -0.680. The zero-order valence-corrected chi connectivity index (χ0v) is 20.6. The molecular weight excluding hydrogens is 490 g/mol. The molecule has 0 radical (unpaired) electrons. The number of ether oxygens (including phenoxy) is 1. The van der Waals surface area contributed by atoms with Gasteiger partial charge in [-0.1, -0.05) is 18.2 Å². The summed E-state index contributed by atoms with van der Waals surface area (Å²) >= 11 is 2.64. The molecule has 4 rings (SSSR count). The van der Waals surface area contributed by atoms with Gasteiger partial charge in [0.15, 0.2) is 0 Å². The lowest BCUT2D eigenvalue weighted by molar-refractivity contribution is -0.141. The van der Waals surface area contributed by atoms with Gasteiger partial charge in [-0.05, 0) is 19.1 Å². The number of carbonyl (C=O) groups is 4. The third-order valence-corrected chi connectivity index (χ3v) is 7.39. The van der Waals surface area contributed by atoms with Gasteiger partial charge in [0.05, 0.1) is 31.3 Å². The van der Waals surface area contributed by atoms with Gasteiger partial charge in [0.2, 0.25) is 0 Å². The second kappa shape index (κ2) is 10.8. The van der Waals surface area contributed by atoms with Crippen LogP contribution in [0.4, 0.5) is 0 Å². The quantitative estimate of drug-likeness (QED) is 0.515. The maximum Gasteiger partial charge on any atom is 0.271 e. The van der Waals surface area contributed by atoms with Gasteiger partial charge in [-0.15, -0.1) is 23.1 Å². The summed E-state index contributed by atoms with van der Waals surface area (Å²) in [5.74, 6) is -0.567. The molecule has 12 heteroatoms. The average molecular weight is 514 g/mol. The Labute approximate surface area is 209 Å². The smallest absolute Gasteiger partial charge is 0.271 e. The molecule has 2 aromatic rings. The molecule has 1 aromatic heterocycles. The number of carbonyl (C=O) groups excluding carboxylic acids is 4. The molecule has 0 saturated heterocycles. The van der Waals surface area contributed by atoms with Gasteiger partial charge in [0, 0.05) is 22.8 Å². The molecule has 1 aromatic carbocycles. The standard InChI is InChI=1S/C23H23N5O5S2/c1-13(25-20(30)14-6-4-3-5-7-14)22-27-16(11-35-22)21(31)24-9-18-26-17(12-34-18)23(32)28-10-15(33-2)8-19(28)29/h3-8,11,13,17H,9-10,12H2,1-2H3,(H,24,31)(H,25,30)/t13?,17-/m1/s1. The number of methoxy groups -OCH3 is 1. The molecule has 4 amide bonds. The van der Waals surface area contributed by atoms with E-state index in [4.69, 9.17) is 4.74 Å². The molecule has 0 bridgehead atoms. The van der Waals surface area contributed by atoms with Crippen molar-refractivity contribution >= 4 is 51.8 Å². The second-order valence-electron chi connectivity index (χ2n) is 7.74. The van der Waals surface area contributed by atoms with Crippen LogP contribution in [0.15, 0.2) is 52.5 Å². The lowest BCUT2D eigenvalue weighted by atomic mass is 10.2. The third kappa shape index (κ3) is 5.77. The number of benzene rings is 1. The first-order valence-corrected chi connectivity index (χ1v) is 12.6. The SMILES string of the molecule is COC1=CC(=O)N(C(=O)[C@H]2CSC(CNC(=O)c3csc(C(C)NC(=O)c4ccccc4)n3)=N2)C1. The van der Waals surface area contributed by atoms with Crippen molar-refractivity contribution in [1.82, 2.24) is 20.5 Å². The molecule has 0 aliphatic carbocycles. The fraction of sp³-hybridized carbons (Fsp3) is 0.304. The summed E-state index contributed by atoms with van der Waals surface area (Å²) in [5, 5.41) is 8.47. The molecule has 2 atom stereocenters. The Morgan fingerprint density at radius 1 is 1.23 bits per heavy atom. The topological polar surface area (TPSA) is 130 Å². The van der Waals surface area contributed by atoms with Crippen molar-refractivity contribution in [1.29, 1.82) is 0 Å². The highest BCUT2D eigenvalue weighted by molar-refractivity contribution is 8.14. The van der Waals surface area contributed by atoms with Crippen LogP contribution < -0.4 is 10.6 Å². The van der Waals surface area contributed by atoms with Crippen LogP contribution in [0.25, 0.3) is 0 Å². The second-order valence-corrected chi connectivity index (χ2v) is 9.72. The molecule has 0 saturated carbocycles. The molecule has 3 heterocycles. The van der Waals surface area contributed by atoms with Gasteiger partial charge in [-0.3, -0.25) is 29.1 Å². The van der Waals surface area contributed by atoms with Gasteiger partial charge < -0.3 is 15.4 Å². The van der Waals surface area contributed by atoms with Crippen LogP contribution in [-0.4, -0.2) is 70.6 Å². The molecule has 0 fully saturated rings. The minimum absolute atomic E-state index is 0.104. The summed E-state index contributed by atoms with van der Waals surface area (Å²) < 4.78 is 5.04. The summed E-state index contributed by atoms with van der Waals surface area (Å²) in [6.07, 6.45) is 1.29. The molecule has 182 valence electrons. The first-order valence-electron chi connectivity index (χ1n) is 10.7. The maximum atomic E-state index is 12.6. The first-order chi connectivity index (χ1) is 16.9. The number of nitrogens with one attached hydrogen (secondary N) is 2. The molecule has 2 aliphatic heterocycles. The lowest BCUT2D eigenvalue weighted by Crippen LogP contribution is -2.40. The fourth-order valence-corrected chi connectivity index (χ4v) is 5.15. The van der Waals surface area contributed by atoms with Crippen LogP contribution in [0, 0.1) is 0 Å². The van der Waals surface area contributed by atoms with E-state index in [0.717, 1.165) is 4.90 Å². The Morgan fingerprint density at radius 3 is 2.71 bits per heavy atom. The number of nitrogens with zero attached hydrogens (tertiary/aromatic N) is 3. The van der Waals surface area contributed by atoms with E-state index < -0.39 is 11.9 Å². The highest BCUT2D eigenvalue weighted by Crippen LogP contribution is 2.22. The molecule has 1 unspecified atom stereocenters. The molecule has 0 spiro atoms. The number of amides is 4. The fourth-order valence-electron chi connectivity index (χ4n) is 3.40. The summed E-state index contributed by atoms with van der Waals surface area (Å²) in [5.41, 5.74) is 0.785. The van der Waals surface area contributed by atoms with Crippen molar-refractivity contribution in [2.45, 2.75) is 19.0 Å². The number of imide groups is 1. The maximum absolute atomic E-state index is 12.6. The largest absolute Gasteiger partial charge is 0.499 e. The van der Waals surface area contributed by atoms with Crippen molar-refractivity contribution in [2.24, 2.45) is 4.99 Å². The van der Waals surface area contributed by atoms with E-state index in [9.17, 15) is 19.2 Å². The van der Waals surface area contributed by atoms with E-state index in [1.54, 1.807) is 36.6 Å². The monoisotopic (exact) mass is 513 g/mol. The van der Waals surface area contributed by atoms with E-state index >= 15 is 0 Å². The number of hydrogen-bond acceptors (Lipinski definition) is 9. The van der Waals surface area contributed by atoms with E-state index in [-0.39, 0.29) is 42.5 Å². The molecule has 35 heavy (non-hydrogen) atoms. The van der Waals surface area contributed by atoms with Crippen LogP contribution in [0.3, 0.4) is 0 Å². The molecular formula is C23H23N5O5S2. The molecule has 10 nitrogen and oxygen atoms in total. The number of thioether (sulfide) groups is 1. The van der Waals surface area contributed by atoms with E-state index in [0.29, 0.717) is 27.1 Å². The minimum Gasteiger partial charge on any atom is -0.499 e. The molecule has 2 N–H and O–H groups in total. The molecule has 2 aliphatic rings. The summed E-state index contributed by atoms with van der Waals surface area (Å²) in [4.78, 5) is 59.3. The van der Waals surface area contributed by atoms with E-state index in [2.05, 4.69) is 20.6 Å². The number of aliphatic imine (C=N–C) groups is 1. The van der Waals surface area contributed by atoms with E-state index in [1.165, 1.54) is 36.3 Å². The third-order valence-electron chi connectivity index (χ3n) is 5.29. The van der Waals surface area contributed by atoms with Gasteiger partial charge in [0.1, 0.15) is 22.5 Å². The van der Waals surface area contributed by atoms with Crippen LogP contribution >= 0.6 is 23.1 Å². The average Bonchev–Trinajstić information content (AvgIpc) is 3.62. The Bertz CT molecular complexity index is 1210. The zero-order valence-electron chi connectivity index (χ0n) is 19.0. The Morgan fingerprint density at radius 2 is 2.00 bits per heavy atom. The van der Waals surface area contributed by atoms with Gasteiger partial charge >= 0.3 is 0 Å². The van der Waals surface area contributed by atoms with Gasteiger partial charge in [-0.2, -0.15) is 0 Å². The number of rotatable bonds is 8. The van der Waals surface area contributed by atoms with Crippen LogP contribution in [0.2, 0.25) is 0 Å². The van der Waals surface area contributed by atoms with Crippen LogP contribution in [0.1, 0.15) is 38.8 Å². The normalized spacial score (nSPS) is 18.1. The summed E-state index contributed by atoms with van der Waals surface area (Å²) in [6, 6.07) is 7.82. The first kappa shape index (κ1) is 24.6. The van der Waals surface area contributed by atoms with E-state index in [1.807, 2.05) is 6.07 Å². The van der Waals surface area contributed by atoms with Crippen molar-refractivity contribution in [3.63, 3.8) is 0 Å². The Hall–Kier alpha value is -3.51. The van der Waals surface area contributed by atoms with Crippen molar-refractivity contribution < 1.29 is 23.9 Å². The lowest BCUT2D eigenvalue weighted by Gasteiger charge is -2.16. The number of aromatic nitrogens is 1. The predicted molar refractivity (Wildman–Crippen MR) is 132 cm³/mol. The van der Waals surface area contributed by atoms with Gasteiger partial charge in [-0.25, -0.2) is 4.98 Å². The Kier molecular flexibility index (Phi) is 7.61. The van der Waals surface area contributed by atoms with Crippen molar-refractivity contribution in [3.8, 4) is 0 Å². The van der Waals surface area contributed by atoms with Crippen LogP contribution in [-0.2, 0) is 14.3 Å². The number of thiazole rings is 1. The highest BCUT2D eigenvalue weighted by Gasteiger charge is 2.35.